The van der Waals surface area contributed by atoms with E-state index in [1.807, 2.05) is 12.1 Å². The van der Waals surface area contributed by atoms with Crippen LogP contribution in [0.4, 0.5) is 0 Å². The van der Waals surface area contributed by atoms with Gasteiger partial charge in [0.25, 0.3) is 5.91 Å². The number of aromatic hydroxyl groups is 1. The van der Waals surface area contributed by atoms with Gasteiger partial charge in [-0.1, -0.05) is 35.3 Å². The molecule has 98 valence electrons. The molecule has 3 nitrogen and oxygen atoms in total. The summed E-state index contributed by atoms with van der Waals surface area (Å²) in [5, 5.41) is 12.8. The molecule has 0 aliphatic heterocycles. The van der Waals surface area contributed by atoms with Crippen LogP contribution in [0.3, 0.4) is 0 Å². The van der Waals surface area contributed by atoms with E-state index in [9.17, 15) is 9.90 Å². The fraction of sp³-hybridized carbons (Fsp3) is 0.0714. The third-order valence-corrected chi connectivity index (χ3v) is 3.13. The molecule has 0 aliphatic carbocycles. The Kier molecular flexibility index (Phi) is 4.30. The average Bonchev–Trinajstić information content (AvgIpc) is 2.41. The molecule has 19 heavy (non-hydrogen) atoms. The van der Waals surface area contributed by atoms with E-state index < -0.39 is 0 Å². The van der Waals surface area contributed by atoms with Crippen LogP contribution in [-0.4, -0.2) is 11.0 Å². The van der Waals surface area contributed by atoms with Crippen molar-refractivity contribution in [2.24, 2.45) is 0 Å². The van der Waals surface area contributed by atoms with Crippen molar-refractivity contribution in [3.8, 4) is 5.75 Å². The molecule has 2 rings (SSSR count). The SMILES string of the molecule is O=C(NCc1ccc(Cl)cc1)c1ccc(O)c(Cl)c1. The molecule has 0 heterocycles. The number of amides is 1. The van der Waals surface area contributed by atoms with Crippen LogP contribution in [0.25, 0.3) is 0 Å². The van der Waals surface area contributed by atoms with Gasteiger partial charge in [-0.2, -0.15) is 0 Å². The molecule has 0 aromatic heterocycles. The van der Waals surface area contributed by atoms with Crippen molar-refractivity contribution in [1.82, 2.24) is 5.32 Å². The molecule has 0 saturated heterocycles. The number of hydrogen-bond donors (Lipinski definition) is 2. The summed E-state index contributed by atoms with van der Waals surface area (Å²) in [6.07, 6.45) is 0. The molecule has 0 saturated carbocycles. The molecule has 0 atom stereocenters. The largest absolute Gasteiger partial charge is 0.506 e. The summed E-state index contributed by atoms with van der Waals surface area (Å²) in [4.78, 5) is 11.9. The van der Waals surface area contributed by atoms with Crippen LogP contribution in [-0.2, 0) is 6.54 Å². The zero-order valence-electron chi connectivity index (χ0n) is 9.86. The highest BCUT2D eigenvalue weighted by molar-refractivity contribution is 6.32. The standard InChI is InChI=1S/C14H11Cl2NO2/c15-11-4-1-9(2-5-11)8-17-14(19)10-3-6-13(18)12(16)7-10/h1-7,18H,8H2,(H,17,19). The molecular formula is C14H11Cl2NO2. The monoisotopic (exact) mass is 295 g/mol. The number of halogens is 2. The molecule has 0 unspecified atom stereocenters. The van der Waals surface area contributed by atoms with Gasteiger partial charge in [-0.15, -0.1) is 0 Å². The molecule has 2 aromatic carbocycles. The third kappa shape index (κ3) is 3.63. The van der Waals surface area contributed by atoms with Crippen LogP contribution in [0.15, 0.2) is 42.5 Å². The second-order valence-corrected chi connectivity index (χ2v) is 4.82. The van der Waals surface area contributed by atoms with Gasteiger partial charge in [0.1, 0.15) is 5.75 Å². The highest BCUT2D eigenvalue weighted by Crippen LogP contribution is 2.23. The summed E-state index contributed by atoms with van der Waals surface area (Å²) in [5.41, 5.74) is 1.35. The van der Waals surface area contributed by atoms with Crippen molar-refractivity contribution in [3.63, 3.8) is 0 Å². The first-order chi connectivity index (χ1) is 9.06. The van der Waals surface area contributed by atoms with Crippen molar-refractivity contribution in [2.45, 2.75) is 6.54 Å². The van der Waals surface area contributed by atoms with E-state index in [1.165, 1.54) is 18.2 Å². The Morgan fingerprint density at radius 3 is 2.42 bits per heavy atom. The van der Waals surface area contributed by atoms with E-state index in [-0.39, 0.29) is 16.7 Å². The quantitative estimate of drug-likeness (QED) is 0.908. The lowest BCUT2D eigenvalue weighted by Gasteiger charge is -2.06. The molecule has 1 amide bonds. The maximum absolute atomic E-state index is 11.9. The van der Waals surface area contributed by atoms with Crippen LogP contribution >= 0.6 is 23.2 Å². The first-order valence-corrected chi connectivity index (χ1v) is 6.33. The smallest absolute Gasteiger partial charge is 0.251 e. The van der Waals surface area contributed by atoms with Crippen molar-refractivity contribution in [2.75, 3.05) is 0 Å². The van der Waals surface area contributed by atoms with E-state index in [1.54, 1.807) is 12.1 Å². The topological polar surface area (TPSA) is 49.3 Å². The molecule has 0 fully saturated rings. The van der Waals surface area contributed by atoms with E-state index in [0.717, 1.165) is 5.56 Å². The molecular weight excluding hydrogens is 285 g/mol. The van der Waals surface area contributed by atoms with E-state index >= 15 is 0 Å². The van der Waals surface area contributed by atoms with Crippen LogP contribution in [0.5, 0.6) is 5.75 Å². The van der Waals surface area contributed by atoms with Gasteiger partial charge in [-0.3, -0.25) is 4.79 Å². The van der Waals surface area contributed by atoms with Crippen LogP contribution in [0.1, 0.15) is 15.9 Å². The Morgan fingerprint density at radius 2 is 1.79 bits per heavy atom. The van der Waals surface area contributed by atoms with Gasteiger partial charge in [0.15, 0.2) is 0 Å². The lowest BCUT2D eigenvalue weighted by molar-refractivity contribution is 0.0951. The van der Waals surface area contributed by atoms with Gasteiger partial charge < -0.3 is 10.4 Å². The maximum Gasteiger partial charge on any atom is 0.251 e. The third-order valence-electron chi connectivity index (χ3n) is 2.58. The minimum absolute atomic E-state index is 0.0454. The Balaban J connectivity index is 2.01. The summed E-state index contributed by atoms with van der Waals surface area (Å²) in [6.45, 7) is 0.397. The minimum Gasteiger partial charge on any atom is -0.506 e. The van der Waals surface area contributed by atoms with Gasteiger partial charge in [0.2, 0.25) is 0 Å². The normalized spacial score (nSPS) is 10.2. The van der Waals surface area contributed by atoms with E-state index in [0.29, 0.717) is 17.1 Å². The second-order valence-electron chi connectivity index (χ2n) is 3.98. The first-order valence-electron chi connectivity index (χ1n) is 5.57. The maximum atomic E-state index is 11.9. The minimum atomic E-state index is -0.253. The fourth-order valence-corrected chi connectivity index (χ4v) is 1.84. The van der Waals surface area contributed by atoms with Gasteiger partial charge in [-0.25, -0.2) is 0 Å². The Bertz CT molecular complexity index is 597. The summed E-state index contributed by atoms with van der Waals surface area (Å²) >= 11 is 11.5. The number of phenols is 1. The van der Waals surface area contributed by atoms with Gasteiger partial charge in [-0.05, 0) is 35.9 Å². The van der Waals surface area contributed by atoms with E-state index in [4.69, 9.17) is 23.2 Å². The number of carbonyl (C=O) groups excluding carboxylic acids is 1. The van der Waals surface area contributed by atoms with Crippen molar-refractivity contribution in [3.05, 3.63) is 63.6 Å². The lowest BCUT2D eigenvalue weighted by atomic mass is 10.2. The van der Waals surface area contributed by atoms with Crippen molar-refractivity contribution >= 4 is 29.1 Å². The number of carbonyl (C=O) groups is 1. The van der Waals surface area contributed by atoms with Crippen molar-refractivity contribution < 1.29 is 9.90 Å². The van der Waals surface area contributed by atoms with Crippen LogP contribution < -0.4 is 5.32 Å². The molecule has 0 spiro atoms. The summed E-state index contributed by atoms with van der Waals surface area (Å²) in [6, 6.07) is 11.5. The van der Waals surface area contributed by atoms with Gasteiger partial charge >= 0.3 is 0 Å². The zero-order valence-corrected chi connectivity index (χ0v) is 11.4. The van der Waals surface area contributed by atoms with Gasteiger partial charge in [0, 0.05) is 17.1 Å². The molecule has 0 aliphatic rings. The summed E-state index contributed by atoms with van der Waals surface area (Å²) in [5.74, 6) is -0.298. The number of phenolic OH excluding ortho intramolecular Hbond substituents is 1. The molecule has 2 aromatic rings. The molecule has 5 heteroatoms. The highest BCUT2D eigenvalue weighted by Gasteiger charge is 2.07. The van der Waals surface area contributed by atoms with Crippen LogP contribution in [0.2, 0.25) is 10.0 Å². The number of benzene rings is 2. The van der Waals surface area contributed by atoms with Crippen LogP contribution in [0, 0.1) is 0 Å². The predicted molar refractivity (Wildman–Crippen MR) is 75.7 cm³/mol. The van der Waals surface area contributed by atoms with Gasteiger partial charge in [0.05, 0.1) is 5.02 Å². The summed E-state index contributed by atoms with van der Waals surface area (Å²) < 4.78 is 0. The molecule has 0 bridgehead atoms. The average molecular weight is 296 g/mol. The number of rotatable bonds is 3. The molecule has 2 N–H and O–H groups in total. The fourth-order valence-electron chi connectivity index (χ4n) is 1.53. The number of hydrogen-bond acceptors (Lipinski definition) is 2. The second kappa shape index (κ2) is 5.95. The summed E-state index contributed by atoms with van der Waals surface area (Å²) in [7, 11) is 0. The predicted octanol–water partition coefficient (Wildman–Crippen LogP) is 3.63. The first kappa shape index (κ1) is 13.7. The number of nitrogens with one attached hydrogen (secondary N) is 1. The Hall–Kier alpha value is -1.71. The van der Waals surface area contributed by atoms with E-state index in [2.05, 4.69) is 5.32 Å². The Morgan fingerprint density at radius 1 is 1.11 bits per heavy atom. The van der Waals surface area contributed by atoms with Crippen molar-refractivity contribution in [1.29, 1.82) is 0 Å². The zero-order chi connectivity index (χ0) is 13.8. The highest BCUT2D eigenvalue weighted by atomic mass is 35.5. The lowest BCUT2D eigenvalue weighted by Crippen LogP contribution is -2.22. The molecule has 0 radical (unpaired) electrons. The Labute approximate surface area is 120 Å².